The van der Waals surface area contributed by atoms with E-state index >= 15 is 0 Å². The second kappa shape index (κ2) is 5.23. The van der Waals surface area contributed by atoms with Gasteiger partial charge < -0.3 is 0 Å². The fraction of sp³-hybridized carbons (Fsp3) is 0.636. The molecule has 1 aromatic heterocycles. The van der Waals surface area contributed by atoms with Crippen molar-refractivity contribution >= 4 is 0 Å². The first kappa shape index (κ1) is 11.3. The van der Waals surface area contributed by atoms with Crippen LogP contribution < -0.4 is 11.3 Å². The van der Waals surface area contributed by atoms with E-state index in [1.807, 2.05) is 7.05 Å². The Hall–Kier alpha value is -1.20. The largest absolute Gasteiger partial charge is 0.271 e. The molecule has 0 saturated heterocycles. The first-order valence-electron chi connectivity index (χ1n) is 5.80. The van der Waals surface area contributed by atoms with Crippen LogP contribution in [0.25, 0.3) is 0 Å². The molecular formula is C11H19N5. The van der Waals surface area contributed by atoms with E-state index in [9.17, 15) is 0 Å². The predicted octanol–water partition coefficient (Wildman–Crippen LogP) is 1.21. The summed E-state index contributed by atoms with van der Waals surface area (Å²) in [4.78, 5) is 0. The first-order valence-corrected chi connectivity index (χ1v) is 5.80. The van der Waals surface area contributed by atoms with Gasteiger partial charge in [-0.3, -0.25) is 16.0 Å². The molecule has 0 radical (unpaired) electrons. The van der Waals surface area contributed by atoms with Crippen LogP contribution in [0.15, 0.2) is 17.8 Å². The molecule has 0 saturated carbocycles. The molecule has 1 aliphatic carbocycles. The van der Waals surface area contributed by atoms with Crippen molar-refractivity contribution in [1.29, 1.82) is 0 Å². The average molecular weight is 221 g/mol. The zero-order valence-corrected chi connectivity index (χ0v) is 9.69. The molecule has 0 bridgehead atoms. The van der Waals surface area contributed by atoms with Crippen LogP contribution in [0.5, 0.6) is 0 Å². The molecule has 2 rings (SSSR count). The molecule has 1 aromatic rings. The van der Waals surface area contributed by atoms with E-state index in [-0.39, 0.29) is 6.04 Å². The van der Waals surface area contributed by atoms with E-state index < -0.39 is 0 Å². The van der Waals surface area contributed by atoms with Crippen molar-refractivity contribution in [2.24, 2.45) is 12.9 Å². The minimum absolute atomic E-state index is 0.115. The van der Waals surface area contributed by atoms with E-state index in [2.05, 4.69) is 21.8 Å². The molecular weight excluding hydrogens is 202 g/mol. The maximum Gasteiger partial charge on any atom is 0.0770 e. The van der Waals surface area contributed by atoms with Crippen LogP contribution in [-0.4, -0.2) is 15.0 Å². The number of hydrogen-bond acceptors (Lipinski definition) is 4. The highest BCUT2D eigenvalue weighted by molar-refractivity contribution is 5.12. The van der Waals surface area contributed by atoms with Crippen LogP contribution in [0.4, 0.5) is 0 Å². The van der Waals surface area contributed by atoms with Crippen LogP contribution in [-0.2, 0) is 7.05 Å². The Bertz CT molecular complexity index is 368. The smallest absolute Gasteiger partial charge is 0.0770 e. The molecule has 0 aromatic carbocycles. The van der Waals surface area contributed by atoms with E-state index in [1.54, 1.807) is 10.9 Å². The Balaban J connectivity index is 2.06. The van der Waals surface area contributed by atoms with Crippen LogP contribution >= 0.6 is 0 Å². The van der Waals surface area contributed by atoms with Crippen molar-refractivity contribution in [2.75, 3.05) is 0 Å². The number of nitrogens with zero attached hydrogens (tertiary/aromatic N) is 3. The van der Waals surface area contributed by atoms with E-state index in [0.29, 0.717) is 0 Å². The minimum Gasteiger partial charge on any atom is -0.271 e. The second-order valence-electron chi connectivity index (χ2n) is 4.31. The number of hydrazine groups is 1. The van der Waals surface area contributed by atoms with Crippen molar-refractivity contribution in [1.82, 2.24) is 20.4 Å². The monoisotopic (exact) mass is 221 g/mol. The van der Waals surface area contributed by atoms with Gasteiger partial charge >= 0.3 is 0 Å². The van der Waals surface area contributed by atoms with Gasteiger partial charge in [0, 0.05) is 7.05 Å². The highest BCUT2D eigenvalue weighted by Crippen LogP contribution is 2.26. The van der Waals surface area contributed by atoms with Gasteiger partial charge in [0.1, 0.15) is 0 Å². The van der Waals surface area contributed by atoms with E-state index in [1.165, 1.54) is 31.3 Å². The number of aryl methyl sites for hydroxylation is 1. The number of aromatic nitrogens is 3. The summed E-state index contributed by atoms with van der Waals surface area (Å²) in [6.45, 7) is 0. The molecule has 0 fully saturated rings. The second-order valence-corrected chi connectivity index (χ2v) is 4.31. The summed E-state index contributed by atoms with van der Waals surface area (Å²) in [5.41, 5.74) is 5.38. The normalized spacial score (nSPS) is 18.2. The van der Waals surface area contributed by atoms with Crippen molar-refractivity contribution in [3.8, 4) is 0 Å². The third-order valence-electron chi connectivity index (χ3n) is 3.16. The molecule has 0 spiro atoms. The molecule has 1 unspecified atom stereocenters. The number of allylic oxidation sites excluding steroid dienone is 1. The molecule has 0 aliphatic heterocycles. The lowest BCUT2D eigenvalue weighted by Gasteiger charge is -2.19. The van der Waals surface area contributed by atoms with Crippen LogP contribution in [0.1, 0.15) is 43.8 Å². The summed E-state index contributed by atoms with van der Waals surface area (Å²) in [5, 5.41) is 7.81. The summed E-state index contributed by atoms with van der Waals surface area (Å²) in [6.07, 6.45) is 10.1. The Morgan fingerprint density at radius 1 is 1.56 bits per heavy atom. The zero-order chi connectivity index (χ0) is 11.4. The van der Waals surface area contributed by atoms with Gasteiger partial charge in [-0.05, 0) is 32.1 Å². The zero-order valence-electron chi connectivity index (χ0n) is 9.69. The maximum absolute atomic E-state index is 5.60. The quantitative estimate of drug-likeness (QED) is 0.455. The predicted molar refractivity (Wildman–Crippen MR) is 62.2 cm³/mol. The molecule has 1 heterocycles. The standard InChI is InChI=1S/C11H19N5/c1-16-11(8-13-15-16)10(14-12)7-9-5-3-2-4-6-9/h5,8,10,14H,2-4,6-7,12H2,1H3. The number of hydrogen-bond donors (Lipinski definition) is 2. The van der Waals surface area contributed by atoms with Crippen LogP contribution in [0, 0.1) is 0 Å². The Morgan fingerprint density at radius 2 is 2.44 bits per heavy atom. The van der Waals surface area contributed by atoms with Crippen molar-refractivity contribution in [3.63, 3.8) is 0 Å². The number of nitrogens with one attached hydrogen (secondary N) is 1. The minimum atomic E-state index is 0.115. The first-order chi connectivity index (χ1) is 7.81. The molecule has 3 N–H and O–H groups in total. The summed E-state index contributed by atoms with van der Waals surface area (Å²) in [5.74, 6) is 5.60. The van der Waals surface area contributed by atoms with Crippen LogP contribution in [0.2, 0.25) is 0 Å². The third-order valence-corrected chi connectivity index (χ3v) is 3.16. The van der Waals surface area contributed by atoms with Gasteiger partial charge in [0.15, 0.2) is 0 Å². The van der Waals surface area contributed by atoms with Crippen molar-refractivity contribution < 1.29 is 0 Å². The lowest BCUT2D eigenvalue weighted by molar-refractivity contribution is 0.492. The van der Waals surface area contributed by atoms with Gasteiger partial charge in [-0.1, -0.05) is 16.9 Å². The Kier molecular flexibility index (Phi) is 3.69. The van der Waals surface area contributed by atoms with E-state index in [0.717, 1.165) is 12.1 Å². The van der Waals surface area contributed by atoms with Crippen LogP contribution in [0.3, 0.4) is 0 Å². The van der Waals surface area contributed by atoms with Gasteiger partial charge in [-0.15, -0.1) is 5.10 Å². The topological polar surface area (TPSA) is 68.8 Å². The molecule has 5 nitrogen and oxygen atoms in total. The average Bonchev–Trinajstić information content (AvgIpc) is 2.74. The SMILES string of the molecule is Cn1nncc1C(CC1=CCCCC1)NN. The molecule has 1 atom stereocenters. The Labute approximate surface area is 95.7 Å². The third kappa shape index (κ3) is 2.48. The molecule has 5 heteroatoms. The lowest BCUT2D eigenvalue weighted by atomic mass is 9.93. The number of rotatable bonds is 4. The van der Waals surface area contributed by atoms with E-state index in [4.69, 9.17) is 5.84 Å². The van der Waals surface area contributed by atoms with Gasteiger partial charge in [-0.2, -0.15) is 0 Å². The summed E-state index contributed by atoms with van der Waals surface area (Å²) >= 11 is 0. The highest BCUT2D eigenvalue weighted by atomic mass is 15.4. The fourth-order valence-corrected chi connectivity index (χ4v) is 2.21. The summed E-state index contributed by atoms with van der Waals surface area (Å²) in [6, 6.07) is 0.115. The van der Waals surface area contributed by atoms with Gasteiger partial charge in [0.25, 0.3) is 0 Å². The van der Waals surface area contributed by atoms with Crippen molar-refractivity contribution in [2.45, 2.75) is 38.1 Å². The number of nitrogens with two attached hydrogens (primary N) is 1. The van der Waals surface area contributed by atoms with Gasteiger partial charge in [0.05, 0.1) is 17.9 Å². The lowest BCUT2D eigenvalue weighted by Crippen LogP contribution is -2.30. The van der Waals surface area contributed by atoms with Crippen molar-refractivity contribution in [3.05, 3.63) is 23.5 Å². The molecule has 88 valence electrons. The maximum atomic E-state index is 5.60. The van der Waals surface area contributed by atoms with Gasteiger partial charge in [0.2, 0.25) is 0 Å². The van der Waals surface area contributed by atoms with Gasteiger partial charge in [-0.25, -0.2) is 0 Å². The highest BCUT2D eigenvalue weighted by Gasteiger charge is 2.16. The summed E-state index contributed by atoms with van der Waals surface area (Å²) < 4.78 is 1.77. The summed E-state index contributed by atoms with van der Waals surface area (Å²) in [7, 11) is 1.89. The molecule has 0 amide bonds. The Morgan fingerprint density at radius 3 is 3.00 bits per heavy atom. The molecule has 1 aliphatic rings. The molecule has 16 heavy (non-hydrogen) atoms. The fourth-order valence-electron chi connectivity index (χ4n) is 2.21.